The number of halogens is 4. The van der Waals surface area contributed by atoms with Gasteiger partial charge in [0.05, 0.1) is 10.6 Å². The second kappa shape index (κ2) is 10.6. The Morgan fingerprint density at radius 2 is 1.83 bits per heavy atom. The zero-order valence-corrected chi connectivity index (χ0v) is 24.3. The van der Waals surface area contributed by atoms with Crippen molar-refractivity contribution >= 4 is 39.1 Å². The van der Waals surface area contributed by atoms with Crippen LogP contribution in [0.5, 0.6) is 5.75 Å². The summed E-state index contributed by atoms with van der Waals surface area (Å²) >= 11 is 1.14. The summed E-state index contributed by atoms with van der Waals surface area (Å²) in [7, 11) is -2.87. The van der Waals surface area contributed by atoms with Crippen molar-refractivity contribution in [2.45, 2.75) is 78.4 Å². The van der Waals surface area contributed by atoms with Crippen LogP contribution >= 0.6 is 11.8 Å². The number of carbonyl (C=O) groups is 1. The minimum absolute atomic E-state index is 0.0801. The molecule has 2 fully saturated rings. The van der Waals surface area contributed by atoms with Gasteiger partial charge >= 0.3 is 5.97 Å². The third-order valence-electron chi connectivity index (χ3n) is 8.02. The fourth-order valence-electron chi connectivity index (χ4n) is 5.13. The number of benzene rings is 2. The van der Waals surface area contributed by atoms with Crippen molar-refractivity contribution in [3.8, 4) is 5.75 Å². The summed E-state index contributed by atoms with van der Waals surface area (Å²) in [5, 5.41) is 9.18. The Labute approximate surface area is 240 Å². The molecule has 2 aliphatic carbocycles. The van der Waals surface area contributed by atoms with Crippen LogP contribution in [0.3, 0.4) is 0 Å². The van der Waals surface area contributed by atoms with Crippen LogP contribution in [0.15, 0.2) is 52.3 Å². The highest BCUT2D eigenvalue weighted by molar-refractivity contribution is 8.00. The zero-order valence-electron chi connectivity index (χ0n) is 22.7. The van der Waals surface area contributed by atoms with Crippen LogP contribution in [-0.2, 0) is 14.8 Å². The number of fused-ring (bicyclic) bond motifs is 1. The lowest BCUT2D eigenvalue weighted by Crippen LogP contribution is -2.41. The van der Waals surface area contributed by atoms with Crippen molar-refractivity contribution in [1.82, 2.24) is 4.31 Å². The van der Waals surface area contributed by atoms with Gasteiger partial charge in [0.25, 0.3) is 0 Å². The molecular formula is C28H32F4N2O5S2. The van der Waals surface area contributed by atoms with Crippen molar-refractivity contribution in [3.05, 3.63) is 42.5 Å². The molecule has 0 bridgehead atoms. The normalized spacial score (nSPS) is 23.3. The van der Waals surface area contributed by atoms with E-state index in [-0.39, 0.29) is 48.7 Å². The number of alkyl halides is 4. The molecule has 2 aromatic rings. The SMILES string of the molecule is CN1[C@H](CCC(C)(F)F)CN(c2ccccc2)c2cc(SC3CC(F)(F)C3)c(OCC3(C(=O)O)CC3)cc2S1(=O)=O. The first-order valence-electron chi connectivity index (χ1n) is 13.4. The smallest absolute Gasteiger partial charge is 0.313 e. The van der Waals surface area contributed by atoms with Crippen molar-refractivity contribution in [2.75, 3.05) is 25.1 Å². The fourth-order valence-corrected chi connectivity index (χ4v) is 8.12. The first-order chi connectivity index (χ1) is 19.1. The second-order valence-electron chi connectivity index (χ2n) is 11.4. The monoisotopic (exact) mass is 616 g/mol. The van der Waals surface area contributed by atoms with E-state index in [2.05, 4.69) is 0 Å². The number of hydrogen-bond acceptors (Lipinski definition) is 6. The number of rotatable bonds is 10. The Balaban J connectivity index is 1.60. The lowest BCUT2D eigenvalue weighted by molar-refractivity contribution is -0.144. The maximum Gasteiger partial charge on any atom is 0.313 e. The van der Waals surface area contributed by atoms with Crippen LogP contribution in [0, 0.1) is 5.41 Å². The molecule has 0 aromatic heterocycles. The number of likely N-dealkylation sites (N-methyl/N-ethyl adjacent to an activating group) is 1. The number of para-hydroxylation sites is 1. The number of thioether (sulfide) groups is 1. The van der Waals surface area contributed by atoms with E-state index >= 15 is 0 Å². The molecule has 1 atom stereocenters. The summed E-state index contributed by atoms with van der Waals surface area (Å²) in [6.45, 7) is 0.682. The van der Waals surface area contributed by atoms with Crippen LogP contribution in [0.1, 0.15) is 45.4 Å². The lowest BCUT2D eigenvalue weighted by atomic mass is 9.94. The third kappa shape index (κ3) is 6.31. The van der Waals surface area contributed by atoms with E-state index < -0.39 is 51.0 Å². The molecule has 0 saturated heterocycles. The summed E-state index contributed by atoms with van der Waals surface area (Å²) in [6.07, 6.45) is -0.471. The molecule has 7 nitrogen and oxygen atoms in total. The average Bonchev–Trinajstić information content (AvgIpc) is 3.68. The number of nitrogens with zero attached hydrogens (tertiary/aromatic N) is 2. The maximum absolute atomic E-state index is 14.0. The van der Waals surface area contributed by atoms with Crippen molar-refractivity contribution in [2.24, 2.45) is 5.41 Å². The van der Waals surface area contributed by atoms with E-state index in [1.807, 2.05) is 0 Å². The summed E-state index contributed by atoms with van der Waals surface area (Å²) in [5.41, 5.74) is -0.162. The first kappa shape index (κ1) is 30.0. The van der Waals surface area contributed by atoms with Crippen LogP contribution in [0.25, 0.3) is 0 Å². The van der Waals surface area contributed by atoms with E-state index in [0.29, 0.717) is 23.4 Å². The first-order valence-corrected chi connectivity index (χ1v) is 15.7. The summed E-state index contributed by atoms with van der Waals surface area (Å²) < 4.78 is 90.0. The van der Waals surface area contributed by atoms with Gasteiger partial charge in [-0.2, -0.15) is 4.31 Å². The van der Waals surface area contributed by atoms with Gasteiger partial charge in [-0.15, -0.1) is 11.8 Å². The Bertz CT molecular complexity index is 1410. The van der Waals surface area contributed by atoms with E-state index in [1.54, 1.807) is 41.3 Å². The molecule has 224 valence electrons. The third-order valence-corrected chi connectivity index (χ3v) is 11.2. The van der Waals surface area contributed by atoms with Gasteiger partial charge in [0.15, 0.2) is 0 Å². The van der Waals surface area contributed by atoms with Crippen LogP contribution in [0.2, 0.25) is 0 Å². The topological polar surface area (TPSA) is 87.2 Å². The maximum atomic E-state index is 14.0. The number of anilines is 2. The summed E-state index contributed by atoms with van der Waals surface area (Å²) in [6, 6.07) is 11.0. The molecule has 0 amide bonds. The summed E-state index contributed by atoms with van der Waals surface area (Å²) in [4.78, 5) is 13.8. The second-order valence-corrected chi connectivity index (χ2v) is 14.7. The minimum atomic E-state index is -4.23. The van der Waals surface area contributed by atoms with Crippen LogP contribution in [0.4, 0.5) is 28.9 Å². The van der Waals surface area contributed by atoms with Gasteiger partial charge in [0.1, 0.15) is 22.7 Å². The predicted molar refractivity (Wildman–Crippen MR) is 147 cm³/mol. The molecule has 13 heteroatoms. The fraction of sp³-hybridized carbons (Fsp3) is 0.536. The van der Waals surface area contributed by atoms with Crippen LogP contribution < -0.4 is 9.64 Å². The molecule has 1 aliphatic heterocycles. The van der Waals surface area contributed by atoms with Gasteiger partial charge < -0.3 is 14.7 Å². The van der Waals surface area contributed by atoms with E-state index in [9.17, 15) is 35.9 Å². The molecule has 0 radical (unpaired) electrons. The number of carboxylic acids is 1. The minimum Gasteiger partial charge on any atom is -0.491 e. The molecule has 1 N–H and O–H groups in total. The standard InChI is InChI=1S/C28H32F4N2O5S2/c1-26(29,30)9-8-19-16-34(18-6-4-3-5-7-18)21-12-23(40-20-14-28(31,32)15-20)22(13-24(21)41(37,38)33(19)2)39-17-27(10-11-27)25(35)36/h3-7,12-13,19-20H,8-11,14-17H2,1-2H3,(H,35,36)/t19-/m1/s1. The number of ether oxygens (including phenoxy) is 1. The Morgan fingerprint density at radius 1 is 1.17 bits per heavy atom. The van der Waals surface area contributed by atoms with Gasteiger partial charge in [0.2, 0.25) is 21.9 Å². The molecule has 5 rings (SSSR count). The van der Waals surface area contributed by atoms with E-state index in [0.717, 1.165) is 23.0 Å². The highest BCUT2D eigenvalue weighted by atomic mass is 32.2. The molecule has 41 heavy (non-hydrogen) atoms. The largest absolute Gasteiger partial charge is 0.491 e. The molecule has 2 aromatic carbocycles. The van der Waals surface area contributed by atoms with Gasteiger partial charge in [0, 0.05) is 55.9 Å². The van der Waals surface area contributed by atoms with Crippen molar-refractivity contribution < 1.29 is 40.6 Å². The number of carboxylic acid groups (broad SMARTS) is 1. The number of hydrogen-bond donors (Lipinski definition) is 1. The molecule has 0 unspecified atom stereocenters. The lowest BCUT2D eigenvalue weighted by Gasteiger charge is -2.35. The molecule has 1 heterocycles. The van der Waals surface area contributed by atoms with Crippen LogP contribution in [-0.4, -0.2) is 67.1 Å². The van der Waals surface area contributed by atoms with Crippen molar-refractivity contribution in [1.29, 1.82) is 0 Å². The van der Waals surface area contributed by atoms with Gasteiger partial charge in [-0.25, -0.2) is 26.0 Å². The van der Waals surface area contributed by atoms with Gasteiger partial charge in [-0.05, 0) is 44.4 Å². The highest BCUT2D eigenvalue weighted by Gasteiger charge is 2.52. The Kier molecular flexibility index (Phi) is 7.78. The summed E-state index contributed by atoms with van der Waals surface area (Å²) in [5.74, 6) is -6.68. The quantitative estimate of drug-likeness (QED) is 0.310. The Morgan fingerprint density at radius 3 is 2.39 bits per heavy atom. The molecular weight excluding hydrogens is 584 g/mol. The van der Waals surface area contributed by atoms with Crippen molar-refractivity contribution in [3.63, 3.8) is 0 Å². The average molecular weight is 617 g/mol. The Hall–Kier alpha value is -2.51. The zero-order chi connectivity index (χ0) is 29.8. The molecule has 2 saturated carbocycles. The highest BCUT2D eigenvalue weighted by Crippen LogP contribution is 2.52. The van der Waals surface area contributed by atoms with Gasteiger partial charge in [-0.1, -0.05) is 18.2 Å². The van der Waals surface area contributed by atoms with E-state index in [1.165, 1.54) is 13.1 Å². The molecule has 3 aliphatic rings. The number of aliphatic carboxylic acids is 1. The van der Waals surface area contributed by atoms with E-state index in [4.69, 9.17) is 4.74 Å². The number of sulfonamides is 1. The predicted octanol–water partition coefficient (Wildman–Crippen LogP) is 6.40. The molecule has 0 spiro atoms. The van der Waals surface area contributed by atoms with Gasteiger partial charge in [-0.3, -0.25) is 4.79 Å².